The first-order chi connectivity index (χ1) is 12.1. The van der Waals surface area contributed by atoms with Crippen LogP contribution in [0.5, 0.6) is 0 Å². The van der Waals surface area contributed by atoms with E-state index in [4.69, 9.17) is 4.98 Å². The summed E-state index contributed by atoms with van der Waals surface area (Å²) in [6.07, 6.45) is 2.92. The predicted molar refractivity (Wildman–Crippen MR) is 106 cm³/mol. The van der Waals surface area contributed by atoms with Gasteiger partial charge in [-0.3, -0.25) is 0 Å². The summed E-state index contributed by atoms with van der Waals surface area (Å²) in [4.78, 5) is 4.70. The second-order valence-corrected chi connectivity index (χ2v) is 6.98. The van der Waals surface area contributed by atoms with Crippen LogP contribution >= 0.6 is 11.3 Å². The first kappa shape index (κ1) is 17.1. The molecule has 0 spiro atoms. The molecule has 1 aromatic heterocycles. The van der Waals surface area contributed by atoms with Crippen molar-refractivity contribution in [3.8, 4) is 17.3 Å². The molecular formula is C22H20N2S. The van der Waals surface area contributed by atoms with Crippen LogP contribution in [0.1, 0.15) is 34.2 Å². The summed E-state index contributed by atoms with van der Waals surface area (Å²) in [5.74, 6) is 0. The van der Waals surface area contributed by atoms with E-state index in [2.05, 4.69) is 69.3 Å². The molecule has 3 heteroatoms. The summed E-state index contributed by atoms with van der Waals surface area (Å²) in [5.41, 5.74) is 7.42. The first-order valence-corrected chi connectivity index (χ1v) is 9.23. The van der Waals surface area contributed by atoms with E-state index in [1.165, 1.54) is 28.0 Å². The van der Waals surface area contributed by atoms with Gasteiger partial charge in [0.15, 0.2) is 0 Å². The molecule has 0 aliphatic carbocycles. The van der Waals surface area contributed by atoms with Crippen LogP contribution in [0.25, 0.3) is 22.9 Å². The summed E-state index contributed by atoms with van der Waals surface area (Å²) in [6.45, 7) is 6.32. The molecule has 0 aliphatic rings. The summed E-state index contributed by atoms with van der Waals surface area (Å²) in [7, 11) is 0. The maximum atomic E-state index is 9.56. The number of hydrogen-bond donors (Lipinski definition) is 0. The number of thiazole rings is 1. The number of benzene rings is 2. The maximum absolute atomic E-state index is 9.56. The highest BCUT2D eigenvalue weighted by molar-refractivity contribution is 7.11. The van der Waals surface area contributed by atoms with E-state index in [0.717, 1.165) is 28.2 Å². The van der Waals surface area contributed by atoms with E-state index in [1.807, 2.05) is 11.5 Å². The zero-order chi connectivity index (χ0) is 17.8. The molecule has 0 radical (unpaired) electrons. The van der Waals surface area contributed by atoms with Crippen LogP contribution < -0.4 is 0 Å². The number of nitrogens with zero attached hydrogens (tertiary/aromatic N) is 2. The van der Waals surface area contributed by atoms with Gasteiger partial charge in [0.25, 0.3) is 0 Å². The lowest BCUT2D eigenvalue weighted by molar-refractivity contribution is 1.14. The van der Waals surface area contributed by atoms with Gasteiger partial charge in [-0.25, -0.2) is 4.98 Å². The quantitative estimate of drug-likeness (QED) is 0.540. The van der Waals surface area contributed by atoms with Crippen LogP contribution in [0.3, 0.4) is 0 Å². The molecule has 0 N–H and O–H groups in total. The summed E-state index contributed by atoms with van der Waals surface area (Å²) >= 11 is 1.51. The van der Waals surface area contributed by atoms with Crippen LogP contribution in [0.2, 0.25) is 0 Å². The van der Waals surface area contributed by atoms with E-state index >= 15 is 0 Å². The summed E-state index contributed by atoms with van der Waals surface area (Å²) in [6, 6.07) is 16.9. The highest BCUT2D eigenvalue weighted by Crippen LogP contribution is 2.29. The van der Waals surface area contributed by atoms with Gasteiger partial charge in [0.2, 0.25) is 0 Å². The van der Waals surface area contributed by atoms with Crippen molar-refractivity contribution in [3.05, 3.63) is 75.1 Å². The SMILES string of the molecule is CCc1ccc(/C=C(/C#N)c2nc(-c3ccc(C)cc3C)cs2)cc1. The first-order valence-electron chi connectivity index (χ1n) is 8.35. The average molecular weight is 344 g/mol. The van der Waals surface area contributed by atoms with Gasteiger partial charge >= 0.3 is 0 Å². The van der Waals surface area contributed by atoms with E-state index < -0.39 is 0 Å². The van der Waals surface area contributed by atoms with Gasteiger partial charge in [-0.15, -0.1) is 11.3 Å². The molecule has 0 unspecified atom stereocenters. The van der Waals surface area contributed by atoms with Gasteiger partial charge < -0.3 is 0 Å². The highest BCUT2D eigenvalue weighted by Gasteiger charge is 2.11. The lowest BCUT2D eigenvalue weighted by atomic mass is 10.0. The molecular weight excluding hydrogens is 324 g/mol. The molecule has 0 aliphatic heterocycles. The number of aryl methyl sites for hydroxylation is 3. The number of aromatic nitrogens is 1. The summed E-state index contributed by atoms with van der Waals surface area (Å²) in [5, 5.41) is 12.3. The maximum Gasteiger partial charge on any atom is 0.134 e. The Balaban J connectivity index is 1.93. The number of hydrogen-bond acceptors (Lipinski definition) is 3. The van der Waals surface area contributed by atoms with Crippen molar-refractivity contribution in [2.45, 2.75) is 27.2 Å². The normalized spacial score (nSPS) is 11.4. The van der Waals surface area contributed by atoms with Crippen LogP contribution in [0, 0.1) is 25.2 Å². The number of allylic oxidation sites excluding steroid dienone is 1. The zero-order valence-corrected chi connectivity index (χ0v) is 15.5. The Morgan fingerprint density at radius 1 is 1.16 bits per heavy atom. The van der Waals surface area contributed by atoms with E-state index in [1.54, 1.807) is 0 Å². The van der Waals surface area contributed by atoms with Crippen LogP contribution in [0.4, 0.5) is 0 Å². The lowest BCUT2D eigenvalue weighted by Crippen LogP contribution is -1.87. The zero-order valence-electron chi connectivity index (χ0n) is 14.7. The Hall–Kier alpha value is -2.70. The second kappa shape index (κ2) is 7.46. The van der Waals surface area contributed by atoms with Gasteiger partial charge in [0.1, 0.15) is 11.1 Å². The van der Waals surface area contributed by atoms with Crippen molar-refractivity contribution in [1.29, 1.82) is 5.26 Å². The minimum Gasteiger partial charge on any atom is -0.235 e. The molecule has 0 saturated heterocycles. The minimum atomic E-state index is 0.602. The Bertz CT molecular complexity index is 956. The predicted octanol–water partition coefficient (Wildman–Crippen LogP) is 6.05. The molecule has 0 fully saturated rings. The largest absolute Gasteiger partial charge is 0.235 e. The average Bonchev–Trinajstić information content (AvgIpc) is 3.09. The van der Waals surface area contributed by atoms with Crippen LogP contribution in [-0.2, 0) is 6.42 Å². The number of rotatable bonds is 4. The fraction of sp³-hybridized carbons (Fsp3) is 0.182. The standard InChI is InChI=1S/C22H20N2S/c1-4-17-6-8-18(9-7-17)12-19(13-23)22-24-21(14-25-22)20-10-5-15(2)11-16(20)3/h5-12,14H,4H2,1-3H3/b19-12-. The molecule has 25 heavy (non-hydrogen) atoms. The third-order valence-corrected chi connectivity index (χ3v) is 5.09. The minimum absolute atomic E-state index is 0.602. The number of nitriles is 1. The van der Waals surface area contributed by atoms with Gasteiger partial charge in [-0.2, -0.15) is 5.26 Å². The molecule has 2 nitrogen and oxygen atoms in total. The van der Waals surface area contributed by atoms with Gasteiger partial charge in [0.05, 0.1) is 11.3 Å². The van der Waals surface area contributed by atoms with Crippen molar-refractivity contribution < 1.29 is 0 Å². The highest BCUT2D eigenvalue weighted by atomic mass is 32.1. The van der Waals surface area contributed by atoms with Gasteiger partial charge in [-0.1, -0.05) is 55.0 Å². The molecule has 0 saturated carbocycles. The lowest BCUT2D eigenvalue weighted by Gasteiger charge is -2.03. The molecule has 0 atom stereocenters. The molecule has 3 rings (SSSR count). The smallest absolute Gasteiger partial charge is 0.134 e. The fourth-order valence-corrected chi connectivity index (χ4v) is 3.57. The topological polar surface area (TPSA) is 36.7 Å². The van der Waals surface area contributed by atoms with E-state index in [-0.39, 0.29) is 0 Å². The van der Waals surface area contributed by atoms with Crippen molar-refractivity contribution in [1.82, 2.24) is 4.98 Å². The van der Waals surface area contributed by atoms with Crippen molar-refractivity contribution in [2.24, 2.45) is 0 Å². The van der Waals surface area contributed by atoms with Crippen molar-refractivity contribution >= 4 is 23.0 Å². The van der Waals surface area contributed by atoms with Crippen LogP contribution in [0.15, 0.2) is 47.8 Å². The molecule has 2 aromatic carbocycles. The Morgan fingerprint density at radius 3 is 2.56 bits per heavy atom. The molecule has 0 amide bonds. The Labute approximate surface area is 153 Å². The second-order valence-electron chi connectivity index (χ2n) is 6.12. The summed E-state index contributed by atoms with van der Waals surface area (Å²) < 4.78 is 0. The molecule has 0 bridgehead atoms. The molecule has 3 aromatic rings. The van der Waals surface area contributed by atoms with Gasteiger partial charge in [0, 0.05) is 10.9 Å². The molecule has 124 valence electrons. The van der Waals surface area contributed by atoms with E-state index in [0.29, 0.717) is 5.57 Å². The fourth-order valence-electron chi connectivity index (χ4n) is 2.78. The third kappa shape index (κ3) is 3.87. The third-order valence-electron chi connectivity index (χ3n) is 4.21. The van der Waals surface area contributed by atoms with Crippen molar-refractivity contribution in [2.75, 3.05) is 0 Å². The van der Waals surface area contributed by atoms with Crippen molar-refractivity contribution in [3.63, 3.8) is 0 Å². The Kier molecular flexibility index (Phi) is 5.11. The van der Waals surface area contributed by atoms with Gasteiger partial charge in [-0.05, 0) is 43.0 Å². The van der Waals surface area contributed by atoms with Crippen LogP contribution in [-0.4, -0.2) is 4.98 Å². The monoisotopic (exact) mass is 344 g/mol. The Morgan fingerprint density at radius 2 is 1.92 bits per heavy atom. The van der Waals surface area contributed by atoms with E-state index in [9.17, 15) is 5.26 Å². The molecule has 1 heterocycles.